The SMILES string of the molecule is C[C@H]1CC[C@@]2(OC1)O[C@@H]1C[C@H]3[C@@H]4CC[C@H]5C[C@@H](O)[C@H](O)C[C@]5(C)[C@H]4CC[C@]3(C)[C@@H]1[C@H]2C. The average Bonchev–Trinajstić information content (AvgIpc) is 3.16. The molecule has 0 aromatic carbocycles. The number of aliphatic hydroxyl groups excluding tert-OH is 2. The topological polar surface area (TPSA) is 58.9 Å². The Bertz CT molecular complexity index is 716. The maximum atomic E-state index is 10.6. The molecule has 0 radical (unpaired) electrons. The molecule has 13 atom stereocenters. The quantitative estimate of drug-likeness (QED) is 0.579. The summed E-state index contributed by atoms with van der Waals surface area (Å²) in [4.78, 5) is 0. The summed E-state index contributed by atoms with van der Waals surface area (Å²) in [6, 6.07) is 0. The Morgan fingerprint density at radius 2 is 1.65 bits per heavy atom. The monoisotopic (exact) mass is 432 g/mol. The van der Waals surface area contributed by atoms with E-state index in [4.69, 9.17) is 9.47 Å². The van der Waals surface area contributed by atoms with Gasteiger partial charge < -0.3 is 19.7 Å². The summed E-state index contributed by atoms with van der Waals surface area (Å²) >= 11 is 0. The van der Waals surface area contributed by atoms with E-state index in [1.54, 1.807) is 0 Å². The molecule has 0 unspecified atom stereocenters. The third kappa shape index (κ3) is 2.80. The number of hydrogen-bond acceptors (Lipinski definition) is 4. The summed E-state index contributed by atoms with van der Waals surface area (Å²) in [7, 11) is 0. The van der Waals surface area contributed by atoms with E-state index in [0.717, 1.165) is 37.7 Å². The zero-order valence-corrected chi connectivity index (χ0v) is 20.1. The first-order chi connectivity index (χ1) is 14.7. The van der Waals surface area contributed by atoms with Crippen LogP contribution in [-0.2, 0) is 9.47 Å². The molecule has 2 heterocycles. The molecule has 0 aromatic heterocycles. The van der Waals surface area contributed by atoms with Gasteiger partial charge in [0.15, 0.2) is 5.79 Å². The lowest BCUT2D eigenvalue weighted by molar-refractivity contribution is -0.273. The van der Waals surface area contributed by atoms with Gasteiger partial charge in [0.25, 0.3) is 0 Å². The molecule has 2 N–H and O–H groups in total. The number of aliphatic hydroxyl groups is 2. The summed E-state index contributed by atoms with van der Waals surface area (Å²) in [5.41, 5.74) is 0.550. The van der Waals surface area contributed by atoms with Crippen molar-refractivity contribution in [1.82, 2.24) is 0 Å². The van der Waals surface area contributed by atoms with E-state index in [9.17, 15) is 10.2 Å². The molecule has 2 aliphatic heterocycles. The number of ether oxygens (including phenoxy) is 2. The van der Waals surface area contributed by atoms with Crippen LogP contribution >= 0.6 is 0 Å². The van der Waals surface area contributed by atoms with Gasteiger partial charge in [-0.05, 0) is 97.7 Å². The lowest BCUT2D eigenvalue weighted by atomic mass is 9.44. The molecular formula is C27H44O4. The lowest BCUT2D eigenvalue weighted by Crippen LogP contribution is -2.57. The van der Waals surface area contributed by atoms with Gasteiger partial charge in [-0.2, -0.15) is 0 Å². The van der Waals surface area contributed by atoms with Crippen molar-refractivity contribution in [1.29, 1.82) is 0 Å². The molecule has 0 amide bonds. The second kappa shape index (κ2) is 6.93. The predicted molar refractivity (Wildman–Crippen MR) is 119 cm³/mol. The summed E-state index contributed by atoms with van der Waals surface area (Å²) in [5, 5.41) is 20.9. The summed E-state index contributed by atoms with van der Waals surface area (Å²) in [6.07, 6.45) is 9.51. The Labute approximate surface area is 188 Å². The fraction of sp³-hybridized carbons (Fsp3) is 1.00. The van der Waals surface area contributed by atoms with Crippen LogP contribution in [0.4, 0.5) is 0 Å². The zero-order chi connectivity index (χ0) is 21.8. The second-order valence-corrected chi connectivity index (χ2v) is 13.2. The molecule has 4 saturated carbocycles. The first-order valence-corrected chi connectivity index (χ1v) is 13.4. The molecule has 176 valence electrons. The van der Waals surface area contributed by atoms with Gasteiger partial charge in [0.05, 0.1) is 24.9 Å². The highest BCUT2D eigenvalue weighted by atomic mass is 16.7. The Hall–Kier alpha value is -0.160. The van der Waals surface area contributed by atoms with Gasteiger partial charge in [0, 0.05) is 12.3 Å². The van der Waals surface area contributed by atoms with E-state index < -0.39 is 12.2 Å². The van der Waals surface area contributed by atoms with E-state index in [1.807, 2.05) is 0 Å². The summed E-state index contributed by atoms with van der Waals surface area (Å²) < 4.78 is 13.3. The van der Waals surface area contributed by atoms with E-state index in [-0.39, 0.29) is 11.2 Å². The van der Waals surface area contributed by atoms with Crippen LogP contribution in [0, 0.1) is 52.3 Å². The predicted octanol–water partition coefficient (Wildman–Crippen LogP) is 4.76. The van der Waals surface area contributed by atoms with E-state index in [0.29, 0.717) is 41.1 Å². The fourth-order valence-corrected chi connectivity index (χ4v) is 10.3. The first kappa shape index (κ1) is 21.4. The maximum absolute atomic E-state index is 10.6. The normalized spacial score (nSPS) is 63.3. The van der Waals surface area contributed by atoms with Crippen molar-refractivity contribution < 1.29 is 19.7 Å². The number of hydrogen-bond donors (Lipinski definition) is 2. The molecule has 31 heavy (non-hydrogen) atoms. The molecule has 6 aliphatic rings. The van der Waals surface area contributed by atoms with Crippen molar-refractivity contribution in [3.05, 3.63) is 0 Å². The van der Waals surface area contributed by atoms with Crippen molar-refractivity contribution in [3.63, 3.8) is 0 Å². The van der Waals surface area contributed by atoms with Gasteiger partial charge in [-0.15, -0.1) is 0 Å². The molecule has 0 bridgehead atoms. The molecule has 0 aromatic rings. The Kier molecular flexibility index (Phi) is 4.78. The smallest absolute Gasteiger partial charge is 0.171 e. The van der Waals surface area contributed by atoms with E-state index >= 15 is 0 Å². The molecule has 6 fully saturated rings. The van der Waals surface area contributed by atoms with Crippen LogP contribution in [0.25, 0.3) is 0 Å². The van der Waals surface area contributed by atoms with Crippen LogP contribution < -0.4 is 0 Å². The molecular weight excluding hydrogens is 388 g/mol. The third-order valence-electron chi connectivity index (χ3n) is 12.0. The van der Waals surface area contributed by atoms with Gasteiger partial charge >= 0.3 is 0 Å². The molecule has 6 rings (SSSR count). The third-order valence-corrected chi connectivity index (χ3v) is 12.0. The Morgan fingerprint density at radius 1 is 0.839 bits per heavy atom. The largest absolute Gasteiger partial charge is 0.390 e. The molecule has 4 aliphatic carbocycles. The second-order valence-electron chi connectivity index (χ2n) is 13.2. The van der Waals surface area contributed by atoms with Gasteiger partial charge in [-0.1, -0.05) is 27.7 Å². The fourth-order valence-electron chi connectivity index (χ4n) is 10.3. The van der Waals surface area contributed by atoms with Gasteiger partial charge in [0.1, 0.15) is 0 Å². The van der Waals surface area contributed by atoms with Gasteiger partial charge in [0.2, 0.25) is 0 Å². The average molecular weight is 433 g/mol. The zero-order valence-electron chi connectivity index (χ0n) is 20.1. The van der Waals surface area contributed by atoms with Crippen molar-refractivity contribution in [2.45, 2.75) is 110 Å². The minimum absolute atomic E-state index is 0.191. The minimum Gasteiger partial charge on any atom is -0.390 e. The Morgan fingerprint density at radius 3 is 2.39 bits per heavy atom. The number of rotatable bonds is 0. The highest BCUT2D eigenvalue weighted by Gasteiger charge is 2.69. The highest BCUT2D eigenvalue weighted by Crippen LogP contribution is 2.71. The van der Waals surface area contributed by atoms with Crippen LogP contribution in [0.3, 0.4) is 0 Å². The van der Waals surface area contributed by atoms with Crippen LogP contribution in [0.15, 0.2) is 0 Å². The molecule has 4 heteroatoms. The summed E-state index contributed by atoms with van der Waals surface area (Å²) in [5.74, 6) is 4.21. The minimum atomic E-state index is -0.537. The Balaban J connectivity index is 1.26. The van der Waals surface area contributed by atoms with Crippen molar-refractivity contribution in [2.24, 2.45) is 52.3 Å². The standard InChI is InChI=1S/C27H44O4/c1-15-7-10-27(30-14-15)16(2)24-23(31-27)12-20-18-6-5-17-11-21(28)22(29)13-26(17,4)19(18)8-9-25(20,24)3/h15-24,28-29H,5-14H2,1-4H3/t15-,16+,17-,18+,19-,20-,21+,22+,23+,24+,25-,26-,27+/m0/s1. The van der Waals surface area contributed by atoms with Crippen LogP contribution in [0.1, 0.15) is 85.5 Å². The van der Waals surface area contributed by atoms with Crippen LogP contribution in [-0.4, -0.2) is 40.9 Å². The van der Waals surface area contributed by atoms with Gasteiger partial charge in [-0.25, -0.2) is 0 Å². The van der Waals surface area contributed by atoms with E-state index in [2.05, 4.69) is 27.7 Å². The first-order valence-electron chi connectivity index (χ1n) is 13.4. The van der Waals surface area contributed by atoms with Crippen molar-refractivity contribution in [2.75, 3.05) is 6.61 Å². The maximum Gasteiger partial charge on any atom is 0.171 e. The van der Waals surface area contributed by atoms with Gasteiger partial charge in [-0.3, -0.25) is 0 Å². The molecule has 4 nitrogen and oxygen atoms in total. The number of fused-ring (bicyclic) bond motifs is 7. The van der Waals surface area contributed by atoms with Crippen molar-refractivity contribution >= 4 is 0 Å². The lowest BCUT2D eigenvalue weighted by Gasteiger charge is -2.61. The molecule has 1 spiro atoms. The van der Waals surface area contributed by atoms with E-state index in [1.165, 1.54) is 38.5 Å². The van der Waals surface area contributed by atoms with Crippen LogP contribution in [0.5, 0.6) is 0 Å². The highest BCUT2D eigenvalue weighted by molar-refractivity contribution is 5.15. The van der Waals surface area contributed by atoms with Crippen LogP contribution in [0.2, 0.25) is 0 Å². The molecule has 2 saturated heterocycles. The van der Waals surface area contributed by atoms with Crippen molar-refractivity contribution in [3.8, 4) is 0 Å². The summed E-state index contributed by atoms with van der Waals surface area (Å²) in [6.45, 7) is 10.6.